The minimum atomic E-state index is -0.411. The van der Waals surface area contributed by atoms with E-state index < -0.39 is 5.41 Å². The number of aryl methyl sites for hydroxylation is 1. The van der Waals surface area contributed by atoms with Crippen molar-refractivity contribution in [2.45, 2.75) is 19.3 Å². The van der Waals surface area contributed by atoms with Crippen LogP contribution in [0.25, 0.3) is 0 Å². The maximum Gasteiger partial charge on any atom is 0.0552 e. The van der Waals surface area contributed by atoms with Crippen LogP contribution in [-0.4, -0.2) is 23.2 Å². The van der Waals surface area contributed by atoms with E-state index in [9.17, 15) is 5.11 Å². The summed E-state index contributed by atoms with van der Waals surface area (Å²) in [7, 11) is 0. The van der Waals surface area contributed by atoms with Crippen LogP contribution in [0, 0.1) is 6.92 Å². The van der Waals surface area contributed by atoms with Crippen LogP contribution in [-0.2, 0) is 5.41 Å². The lowest BCUT2D eigenvalue weighted by Crippen LogP contribution is -2.37. The largest absolute Gasteiger partial charge is 0.395 e. The van der Waals surface area contributed by atoms with Gasteiger partial charge in [-0.1, -0.05) is 13.0 Å². The third-order valence-electron chi connectivity index (χ3n) is 2.38. The molecule has 0 fully saturated rings. The molecular weight excluding hydrogens is 164 g/mol. The SMILES string of the molecule is Cc1cccnc1C(C)(CN)CO. The maximum atomic E-state index is 9.24. The molecule has 0 bridgehead atoms. The van der Waals surface area contributed by atoms with Gasteiger partial charge in [-0.25, -0.2) is 0 Å². The summed E-state index contributed by atoms with van der Waals surface area (Å²) in [6, 6.07) is 3.86. The number of rotatable bonds is 3. The predicted molar refractivity (Wildman–Crippen MR) is 52.5 cm³/mol. The average molecular weight is 180 g/mol. The monoisotopic (exact) mass is 180 g/mol. The molecule has 0 aliphatic carbocycles. The molecule has 0 aliphatic rings. The van der Waals surface area contributed by atoms with E-state index in [4.69, 9.17) is 5.73 Å². The van der Waals surface area contributed by atoms with Crippen molar-refractivity contribution in [3.8, 4) is 0 Å². The molecule has 1 heterocycles. The van der Waals surface area contributed by atoms with Gasteiger partial charge in [-0.2, -0.15) is 0 Å². The molecule has 1 aromatic heterocycles. The molecule has 3 nitrogen and oxygen atoms in total. The van der Waals surface area contributed by atoms with Crippen LogP contribution in [0.1, 0.15) is 18.2 Å². The van der Waals surface area contributed by atoms with Gasteiger partial charge >= 0.3 is 0 Å². The zero-order valence-electron chi connectivity index (χ0n) is 8.12. The van der Waals surface area contributed by atoms with Crippen LogP contribution < -0.4 is 5.73 Å². The molecule has 0 amide bonds. The summed E-state index contributed by atoms with van der Waals surface area (Å²) in [5.41, 5.74) is 7.17. The number of nitrogens with two attached hydrogens (primary N) is 1. The van der Waals surface area contributed by atoms with E-state index >= 15 is 0 Å². The molecule has 1 unspecified atom stereocenters. The van der Waals surface area contributed by atoms with Crippen molar-refractivity contribution >= 4 is 0 Å². The van der Waals surface area contributed by atoms with Gasteiger partial charge in [-0.15, -0.1) is 0 Å². The van der Waals surface area contributed by atoms with Crippen molar-refractivity contribution in [2.24, 2.45) is 5.73 Å². The Labute approximate surface area is 78.6 Å². The van der Waals surface area contributed by atoms with E-state index in [1.54, 1.807) is 6.20 Å². The van der Waals surface area contributed by atoms with E-state index in [0.29, 0.717) is 6.54 Å². The van der Waals surface area contributed by atoms with Gasteiger partial charge in [0.05, 0.1) is 12.3 Å². The van der Waals surface area contributed by atoms with Crippen LogP contribution in [0.3, 0.4) is 0 Å². The van der Waals surface area contributed by atoms with E-state index in [-0.39, 0.29) is 6.61 Å². The molecule has 72 valence electrons. The molecule has 13 heavy (non-hydrogen) atoms. The topological polar surface area (TPSA) is 59.1 Å². The number of pyridine rings is 1. The van der Waals surface area contributed by atoms with Gasteiger partial charge in [0.25, 0.3) is 0 Å². The Morgan fingerprint density at radius 3 is 2.77 bits per heavy atom. The first-order chi connectivity index (χ1) is 6.14. The van der Waals surface area contributed by atoms with E-state index in [1.807, 2.05) is 26.0 Å². The van der Waals surface area contributed by atoms with E-state index in [1.165, 1.54) is 0 Å². The minimum Gasteiger partial charge on any atom is -0.395 e. The Bertz CT molecular complexity index is 282. The number of hydrogen-bond acceptors (Lipinski definition) is 3. The fourth-order valence-corrected chi connectivity index (χ4v) is 1.35. The lowest BCUT2D eigenvalue weighted by Gasteiger charge is -2.26. The minimum absolute atomic E-state index is 0.0291. The number of aliphatic hydroxyl groups excluding tert-OH is 1. The van der Waals surface area contributed by atoms with Gasteiger partial charge in [-0.05, 0) is 18.6 Å². The van der Waals surface area contributed by atoms with Crippen molar-refractivity contribution in [3.63, 3.8) is 0 Å². The third kappa shape index (κ3) is 1.87. The first-order valence-electron chi connectivity index (χ1n) is 4.37. The molecule has 0 saturated heterocycles. The maximum absolute atomic E-state index is 9.24. The standard InChI is InChI=1S/C10H16N2O/c1-8-4-3-5-12-9(8)10(2,6-11)7-13/h3-5,13H,6-7,11H2,1-2H3. The fraction of sp³-hybridized carbons (Fsp3) is 0.500. The molecule has 0 aliphatic heterocycles. The Balaban J connectivity index is 3.12. The van der Waals surface area contributed by atoms with Crippen LogP contribution in [0.5, 0.6) is 0 Å². The molecule has 1 aromatic rings. The van der Waals surface area contributed by atoms with E-state index in [2.05, 4.69) is 4.98 Å². The molecule has 0 saturated carbocycles. The Hall–Kier alpha value is -0.930. The highest BCUT2D eigenvalue weighted by atomic mass is 16.3. The second kappa shape index (κ2) is 3.85. The molecule has 3 heteroatoms. The Kier molecular flexibility index (Phi) is 3.01. The number of aromatic nitrogens is 1. The smallest absolute Gasteiger partial charge is 0.0552 e. The van der Waals surface area contributed by atoms with Gasteiger partial charge in [0.1, 0.15) is 0 Å². The Morgan fingerprint density at radius 2 is 2.31 bits per heavy atom. The number of hydrogen-bond donors (Lipinski definition) is 2. The lowest BCUT2D eigenvalue weighted by atomic mass is 9.85. The van der Waals surface area contributed by atoms with Gasteiger partial charge in [0.15, 0.2) is 0 Å². The highest BCUT2D eigenvalue weighted by molar-refractivity contribution is 5.26. The predicted octanol–water partition coefficient (Wildman–Crippen LogP) is 0.599. The highest BCUT2D eigenvalue weighted by Gasteiger charge is 2.26. The molecule has 1 atom stereocenters. The summed E-state index contributed by atoms with van der Waals surface area (Å²) in [5.74, 6) is 0. The van der Waals surface area contributed by atoms with Crippen molar-refractivity contribution in [2.75, 3.05) is 13.2 Å². The summed E-state index contributed by atoms with van der Waals surface area (Å²) in [6.45, 7) is 4.33. The van der Waals surface area contributed by atoms with Crippen LogP contribution in [0.2, 0.25) is 0 Å². The average Bonchev–Trinajstić information content (AvgIpc) is 2.17. The second-order valence-corrected chi connectivity index (χ2v) is 3.59. The number of aliphatic hydroxyl groups is 1. The van der Waals surface area contributed by atoms with Crippen molar-refractivity contribution in [1.82, 2.24) is 4.98 Å². The van der Waals surface area contributed by atoms with Gasteiger partial charge in [0.2, 0.25) is 0 Å². The van der Waals surface area contributed by atoms with Crippen molar-refractivity contribution in [1.29, 1.82) is 0 Å². The molecule has 0 aromatic carbocycles. The zero-order chi connectivity index (χ0) is 9.90. The van der Waals surface area contributed by atoms with Crippen LogP contribution in [0.4, 0.5) is 0 Å². The Morgan fingerprint density at radius 1 is 1.62 bits per heavy atom. The first-order valence-corrected chi connectivity index (χ1v) is 4.37. The van der Waals surface area contributed by atoms with Crippen molar-refractivity contribution < 1.29 is 5.11 Å². The zero-order valence-corrected chi connectivity index (χ0v) is 8.12. The van der Waals surface area contributed by atoms with Crippen LogP contribution >= 0.6 is 0 Å². The molecule has 0 spiro atoms. The summed E-state index contributed by atoms with van der Waals surface area (Å²) >= 11 is 0. The molecule has 0 radical (unpaired) electrons. The van der Waals surface area contributed by atoms with Gasteiger partial charge in [-0.3, -0.25) is 4.98 Å². The summed E-state index contributed by atoms with van der Waals surface area (Å²) < 4.78 is 0. The fourth-order valence-electron chi connectivity index (χ4n) is 1.35. The molecule has 3 N–H and O–H groups in total. The highest BCUT2D eigenvalue weighted by Crippen LogP contribution is 2.22. The summed E-state index contributed by atoms with van der Waals surface area (Å²) in [6.07, 6.45) is 1.73. The summed E-state index contributed by atoms with van der Waals surface area (Å²) in [5, 5.41) is 9.24. The van der Waals surface area contributed by atoms with Gasteiger partial charge < -0.3 is 10.8 Å². The second-order valence-electron chi connectivity index (χ2n) is 3.59. The quantitative estimate of drug-likeness (QED) is 0.716. The lowest BCUT2D eigenvalue weighted by molar-refractivity contribution is 0.206. The first kappa shape index (κ1) is 10.2. The van der Waals surface area contributed by atoms with Gasteiger partial charge in [0, 0.05) is 18.2 Å². The molecular formula is C10H16N2O. The normalized spacial score (nSPS) is 15.4. The molecule has 1 rings (SSSR count). The van der Waals surface area contributed by atoms with E-state index in [0.717, 1.165) is 11.3 Å². The van der Waals surface area contributed by atoms with Crippen LogP contribution in [0.15, 0.2) is 18.3 Å². The number of nitrogens with zero attached hydrogens (tertiary/aromatic N) is 1. The van der Waals surface area contributed by atoms with Crippen molar-refractivity contribution in [3.05, 3.63) is 29.6 Å². The third-order valence-corrected chi connectivity index (χ3v) is 2.38. The summed E-state index contributed by atoms with van der Waals surface area (Å²) in [4.78, 5) is 4.25.